The predicted molar refractivity (Wildman–Crippen MR) is 68.2 cm³/mol. The Balaban J connectivity index is 5.13. The van der Waals surface area contributed by atoms with E-state index in [-0.39, 0.29) is 5.91 Å². The van der Waals surface area contributed by atoms with Gasteiger partial charge in [-0.25, -0.2) is 0 Å². The molecule has 18 heavy (non-hydrogen) atoms. The summed E-state index contributed by atoms with van der Waals surface area (Å²) in [6.07, 6.45) is 0.337. The molecule has 0 spiro atoms. The molecule has 0 aliphatic rings. The van der Waals surface area contributed by atoms with Crippen LogP contribution >= 0.6 is 0 Å². The Morgan fingerprint density at radius 1 is 1.11 bits per heavy atom. The Morgan fingerprint density at radius 2 is 1.56 bits per heavy atom. The number of rotatable bonds is 6. The van der Waals surface area contributed by atoms with Crippen molar-refractivity contribution in [2.45, 2.75) is 47.1 Å². The molecule has 0 heterocycles. The number of carbonyl (C=O) groups excluding carboxylic acids is 3. The lowest BCUT2D eigenvalue weighted by atomic mass is 9.70. The highest BCUT2D eigenvalue weighted by Crippen LogP contribution is 2.36. The Bertz CT molecular complexity index is 362. The minimum atomic E-state index is -0.839. The van der Waals surface area contributed by atoms with Gasteiger partial charge in [-0.05, 0) is 11.8 Å². The van der Waals surface area contributed by atoms with Crippen molar-refractivity contribution in [2.75, 3.05) is 0 Å². The fourth-order valence-electron chi connectivity index (χ4n) is 2.18. The van der Waals surface area contributed by atoms with Crippen LogP contribution in [0.15, 0.2) is 0 Å². The maximum Gasteiger partial charge on any atom is 0.240 e. The monoisotopic (exact) mass is 257 g/mol. The van der Waals surface area contributed by atoms with Gasteiger partial charge in [-0.15, -0.1) is 0 Å². The smallest absolute Gasteiger partial charge is 0.240 e. The maximum atomic E-state index is 11.4. The van der Waals surface area contributed by atoms with Gasteiger partial charge in [0.2, 0.25) is 17.7 Å². The summed E-state index contributed by atoms with van der Waals surface area (Å²) in [5.41, 5.74) is 9.16. The van der Waals surface area contributed by atoms with Gasteiger partial charge in [0.15, 0.2) is 0 Å². The molecule has 0 aromatic carbocycles. The highest BCUT2D eigenvalue weighted by Gasteiger charge is 2.41. The van der Waals surface area contributed by atoms with E-state index in [0.29, 0.717) is 6.42 Å². The fourth-order valence-corrected chi connectivity index (χ4v) is 2.18. The zero-order valence-corrected chi connectivity index (χ0v) is 11.7. The first kappa shape index (κ1) is 16.4. The summed E-state index contributed by atoms with van der Waals surface area (Å²) in [7, 11) is 0. The average molecular weight is 257 g/mol. The third-order valence-electron chi connectivity index (χ3n) is 2.98. The topological polar surface area (TPSA) is 115 Å². The average Bonchev–Trinajstić information content (AvgIpc) is 2.11. The lowest BCUT2D eigenvalue weighted by Crippen LogP contribution is -2.54. The molecule has 0 aliphatic heterocycles. The van der Waals surface area contributed by atoms with Crippen LogP contribution in [-0.2, 0) is 14.4 Å². The normalized spacial score (nSPS) is 13.8. The number of hydrogen-bond acceptors (Lipinski definition) is 3. The van der Waals surface area contributed by atoms with Crippen LogP contribution in [0, 0.1) is 10.8 Å². The Hall–Kier alpha value is -1.59. The minimum Gasteiger partial charge on any atom is -0.369 e. The molecule has 0 saturated carbocycles. The molecule has 1 unspecified atom stereocenters. The summed E-state index contributed by atoms with van der Waals surface area (Å²) in [6.45, 7) is 8.24. The molecule has 0 radical (unpaired) electrons. The number of nitrogens with two attached hydrogens (primary N) is 2. The second kappa shape index (κ2) is 5.37. The Morgan fingerprint density at radius 3 is 1.83 bits per heavy atom. The zero-order valence-electron chi connectivity index (χ0n) is 11.7. The molecule has 0 saturated heterocycles. The van der Waals surface area contributed by atoms with E-state index in [1.807, 2.05) is 0 Å². The summed E-state index contributed by atoms with van der Waals surface area (Å²) in [6, 6.07) is -0.839. The van der Waals surface area contributed by atoms with Crippen LogP contribution in [0.4, 0.5) is 0 Å². The minimum absolute atomic E-state index is 0.337. The van der Waals surface area contributed by atoms with Crippen LogP contribution in [0.5, 0.6) is 0 Å². The molecule has 5 N–H and O–H groups in total. The first-order valence-electron chi connectivity index (χ1n) is 5.76. The van der Waals surface area contributed by atoms with Crippen LogP contribution in [0.2, 0.25) is 0 Å². The van der Waals surface area contributed by atoms with Crippen LogP contribution in [-0.4, -0.2) is 23.8 Å². The molecule has 1 atom stereocenters. The van der Waals surface area contributed by atoms with Gasteiger partial charge in [0, 0.05) is 12.3 Å². The van der Waals surface area contributed by atoms with Gasteiger partial charge in [-0.1, -0.05) is 27.7 Å². The summed E-state index contributed by atoms with van der Waals surface area (Å²) < 4.78 is 0. The number of carbonyl (C=O) groups is 3. The van der Waals surface area contributed by atoms with E-state index in [9.17, 15) is 14.4 Å². The van der Waals surface area contributed by atoms with Gasteiger partial charge in [-0.2, -0.15) is 0 Å². The molecule has 104 valence electrons. The second-order valence-electron chi connectivity index (χ2n) is 5.95. The Labute approximate surface area is 107 Å². The molecule has 0 aliphatic carbocycles. The van der Waals surface area contributed by atoms with E-state index >= 15 is 0 Å². The van der Waals surface area contributed by atoms with Gasteiger partial charge in [0.25, 0.3) is 0 Å². The van der Waals surface area contributed by atoms with Crippen molar-refractivity contribution >= 4 is 17.7 Å². The molecular weight excluding hydrogens is 234 g/mol. The van der Waals surface area contributed by atoms with Crippen molar-refractivity contribution in [3.63, 3.8) is 0 Å². The summed E-state index contributed by atoms with van der Waals surface area (Å²) in [5.74, 6) is -1.43. The second-order valence-corrected chi connectivity index (χ2v) is 5.95. The molecule has 0 rings (SSSR count). The van der Waals surface area contributed by atoms with Gasteiger partial charge in [0.05, 0.1) is 0 Å². The molecule has 0 fully saturated rings. The van der Waals surface area contributed by atoms with Crippen molar-refractivity contribution in [2.24, 2.45) is 22.3 Å². The highest BCUT2D eigenvalue weighted by molar-refractivity contribution is 5.86. The van der Waals surface area contributed by atoms with E-state index in [1.54, 1.807) is 27.7 Å². The maximum absolute atomic E-state index is 11.4. The fraction of sp³-hybridized carbons (Fsp3) is 0.750. The van der Waals surface area contributed by atoms with Crippen molar-refractivity contribution in [1.29, 1.82) is 0 Å². The van der Waals surface area contributed by atoms with Gasteiger partial charge in [0.1, 0.15) is 6.04 Å². The standard InChI is InChI=1S/C12H23N3O3/c1-7(16)15-8(9(13)17)11(2,3)6-12(4,5)10(14)18/h8H,6H2,1-5H3,(H2,13,17)(H2,14,18)(H,15,16). The van der Waals surface area contributed by atoms with E-state index in [4.69, 9.17) is 11.5 Å². The van der Waals surface area contributed by atoms with E-state index < -0.39 is 28.7 Å². The van der Waals surface area contributed by atoms with Gasteiger partial charge >= 0.3 is 0 Å². The van der Waals surface area contributed by atoms with E-state index in [0.717, 1.165) is 0 Å². The van der Waals surface area contributed by atoms with Crippen LogP contribution < -0.4 is 16.8 Å². The molecule has 0 bridgehead atoms. The molecule has 6 nitrogen and oxygen atoms in total. The number of nitrogens with one attached hydrogen (secondary N) is 1. The van der Waals surface area contributed by atoms with Crippen LogP contribution in [0.1, 0.15) is 41.0 Å². The SMILES string of the molecule is CC(=O)NC(C(N)=O)C(C)(C)CC(C)(C)C(N)=O. The largest absolute Gasteiger partial charge is 0.369 e. The number of amides is 3. The summed E-state index contributed by atoms with van der Waals surface area (Å²) in [4.78, 5) is 33.9. The lowest BCUT2D eigenvalue weighted by molar-refractivity contribution is -0.132. The van der Waals surface area contributed by atoms with Crippen molar-refractivity contribution < 1.29 is 14.4 Å². The summed E-state index contributed by atoms with van der Waals surface area (Å²) in [5, 5.41) is 2.52. The van der Waals surface area contributed by atoms with Gasteiger partial charge < -0.3 is 16.8 Å². The third-order valence-corrected chi connectivity index (χ3v) is 2.98. The van der Waals surface area contributed by atoms with Crippen LogP contribution in [0.3, 0.4) is 0 Å². The van der Waals surface area contributed by atoms with Crippen molar-refractivity contribution in [3.05, 3.63) is 0 Å². The Kier molecular flexibility index (Phi) is 4.90. The molecule has 6 heteroatoms. The molecule has 3 amide bonds. The highest BCUT2D eigenvalue weighted by atomic mass is 16.2. The summed E-state index contributed by atoms with van der Waals surface area (Å²) >= 11 is 0. The van der Waals surface area contributed by atoms with Gasteiger partial charge in [-0.3, -0.25) is 14.4 Å². The molecule has 0 aromatic heterocycles. The first-order valence-corrected chi connectivity index (χ1v) is 5.76. The van der Waals surface area contributed by atoms with E-state index in [2.05, 4.69) is 5.32 Å². The molecule has 0 aromatic rings. The lowest BCUT2D eigenvalue weighted by Gasteiger charge is -2.37. The van der Waals surface area contributed by atoms with E-state index in [1.165, 1.54) is 6.92 Å². The first-order chi connectivity index (χ1) is 7.90. The quantitative estimate of drug-likeness (QED) is 0.617. The molecular formula is C12H23N3O3. The third kappa shape index (κ3) is 4.35. The zero-order chi connectivity index (χ0) is 14.7. The van der Waals surface area contributed by atoms with Crippen molar-refractivity contribution in [3.8, 4) is 0 Å². The van der Waals surface area contributed by atoms with Crippen LogP contribution in [0.25, 0.3) is 0 Å². The predicted octanol–water partition coefficient (Wildman–Crippen LogP) is -0.0958. The number of primary amides is 2. The van der Waals surface area contributed by atoms with Crippen molar-refractivity contribution in [1.82, 2.24) is 5.32 Å². The number of hydrogen-bond donors (Lipinski definition) is 3.